The molecule has 1 aromatic rings. The number of anilines is 1. The van der Waals surface area contributed by atoms with Gasteiger partial charge in [-0.05, 0) is 30.4 Å². The number of nitrogens with one attached hydrogen (secondary N) is 1. The first kappa shape index (κ1) is 15.2. The Balaban J connectivity index is 2.07. The van der Waals surface area contributed by atoms with E-state index in [0.717, 1.165) is 30.4 Å². The lowest BCUT2D eigenvalue weighted by Gasteiger charge is -2.22. The van der Waals surface area contributed by atoms with Gasteiger partial charge in [-0.15, -0.1) is 6.42 Å². The van der Waals surface area contributed by atoms with E-state index < -0.39 is 0 Å². The molecule has 0 bridgehead atoms. The molecule has 1 N–H and O–H groups in total. The summed E-state index contributed by atoms with van der Waals surface area (Å²) in [5.41, 5.74) is 1.10. The molecule has 108 valence electrons. The SMILES string of the molecule is C#CCN(CC1CC1)c1ncc(CNC(C)C)cc1Cl. The Bertz CT molecular complexity index is 489. The molecule has 0 saturated heterocycles. The quantitative estimate of drug-likeness (QED) is 0.783. The lowest BCUT2D eigenvalue weighted by atomic mass is 10.2. The van der Waals surface area contributed by atoms with Crippen LogP contribution >= 0.6 is 11.6 Å². The van der Waals surface area contributed by atoms with Gasteiger partial charge in [-0.25, -0.2) is 4.98 Å². The summed E-state index contributed by atoms with van der Waals surface area (Å²) in [4.78, 5) is 6.63. The molecule has 0 radical (unpaired) electrons. The van der Waals surface area contributed by atoms with E-state index in [0.29, 0.717) is 17.6 Å². The lowest BCUT2D eigenvalue weighted by molar-refractivity contribution is 0.588. The van der Waals surface area contributed by atoms with Crippen molar-refractivity contribution in [2.75, 3.05) is 18.0 Å². The fourth-order valence-electron chi connectivity index (χ4n) is 2.07. The minimum Gasteiger partial charge on any atom is -0.344 e. The number of aromatic nitrogens is 1. The predicted molar refractivity (Wildman–Crippen MR) is 85.0 cm³/mol. The summed E-state index contributed by atoms with van der Waals surface area (Å²) in [5, 5.41) is 4.04. The van der Waals surface area contributed by atoms with Crippen LogP contribution in [-0.2, 0) is 6.54 Å². The predicted octanol–water partition coefficient (Wildman–Crippen LogP) is 3.08. The molecule has 1 aliphatic rings. The zero-order chi connectivity index (χ0) is 14.5. The topological polar surface area (TPSA) is 28.2 Å². The first-order chi connectivity index (χ1) is 9.60. The maximum Gasteiger partial charge on any atom is 0.148 e. The highest BCUT2D eigenvalue weighted by Crippen LogP contribution is 2.32. The Morgan fingerprint density at radius 2 is 2.30 bits per heavy atom. The summed E-state index contributed by atoms with van der Waals surface area (Å²) in [7, 11) is 0. The van der Waals surface area contributed by atoms with Gasteiger partial charge in [0.1, 0.15) is 5.82 Å². The minimum absolute atomic E-state index is 0.446. The van der Waals surface area contributed by atoms with E-state index in [9.17, 15) is 0 Å². The third-order valence-corrected chi connectivity index (χ3v) is 3.63. The van der Waals surface area contributed by atoms with E-state index in [2.05, 4.69) is 35.0 Å². The van der Waals surface area contributed by atoms with Crippen molar-refractivity contribution >= 4 is 17.4 Å². The van der Waals surface area contributed by atoms with E-state index in [1.807, 2.05) is 12.3 Å². The van der Waals surface area contributed by atoms with Crippen molar-refractivity contribution in [3.63, 3.8) is 0 Å². The third-order valence-electron chi connectivity index (χ3n) is 3.35. The molecule has 0 aliphatic heterocycles. The highest BCUT2D eigenvalue weighted by atomic mass is 35.5. The maximum atomic E-state index is 6.38. The average Bonchev–Trinajstić information content (AvgIpc) is 3.20. The number of hydrogen-bond acceptors (Lipinski definition) is 3. The van der Waals surface area contributed by atoms with E-state index in [1.165, 1.54) is 12.8 Å². The van der Waals surface area contributed by atoms with Crippen LogP contribution in [0.15, 0.2) is 12.3 Å². The van der Waals surface area contributed by atoms with Crippen LogP contribution < -0.4 is 10.2 Å². The van der Waals surface area contributed by atoms with Crippen LogP contribution in [0.1, 0.15) is 32.3 Å². The van der Waals surface area contributed by atoms with Crippen molar-refractivity contribution in [3.8, 4) is 12.3 Å². The minimum atomic E-state index is 0.446. The molecule has 1 saturated carbocycles. The summed E-state index contributed by atoms with van der Waals surface area (Å²) < 4.78 is 0. The Morgan fingerprint density at radius 3 is 2.85 bits per heavy atom. The fraction of sp³-hybridized carbons (Fsp3) is 0.562. The zero-order valence-electron chi connectivity index (χ0n) is 12.2. The van der Waals surface area contributed by atoms with Gasteiger partial charge < -0.3 is 10.2 Å². The molecule has 0 atom stereocenters. The molecule has 4 heteroatoms. The van der Waals surface area contributed by atoms with Crippen molar-refractivity contribution in [2.45, 2.75) is 39.3 Å². The Labute approximate surface area is 126 Å². The molecule has 1 fully saturated rings. The smallest absolute Gasteiger partial charge is 0.148 e. The number of rotatable bonds is 7. The van der Waals surface area contributed by atoms with Gasteiger partial charge in [-0.2, -0.15) is 0 Å². The first-order valence-corrected chi connectivity index (χ1v) is 7.54. The molecule has 1 aliphatic carbocycles. The van der Waals surface area contributed by atoms with Crippen LogP contribution in [-0.4, -0.2) is 24.1 Å². The number of hydrogen-bond donors (Lipinski definition) is 1. The second kappa shape index (κ2) is 6.97. The lowest BCUT2D eigenvalue weighted by Crippen LogP contribution is -2.27. The number of terminal acetylenes is 1. The normalized spacial score (nSPS) is 14.3. The standard InChI is InChI=1S/C16H22ClN3/c1-4-7-20(11-13-5-6-13)16-15(17)8-14(10-19-16)9-18-12(2)3/h1,8,10,12-13,18H,5-7,9,11H2,2-3H3. The van der Waals surface area contributed by atoms with Gasteiger partial charge in [-0.3, -0.25) is 0 Å². The van der Waals surface area contributed by atoms with Gasteiger partial charge in [0, 0.05) is 25.3 Å². The third kappa shape index (κ3) is 4.40. The first-order valence-electron chi connectivity index (χ1n) is 7.16. The van der Waals surface area contributed by atoms with Crippen molar-refractivity contribution in [1.29, 1.82) is 0 Å². The molecule has 1 heterocycles. The number of pyridine rings is 1. The molecular formula is C16H22ClN3. The average molecular weight is 292 g/mol. The Kier molecular flexibility index (Phi) is 5.28. The number of nitrogens with zero attached hydrogens (tertiary/aromatic N) is 2. The zero-order valence-corrected chi connectivity index (χ0v) is 13.0. The van der Waals surface area contributed by atoms with E-state index in [1.54, 1.807) is 0 Å². The second-order valence-electron chi connectivity index (χ2n) is 5.71. The van der Waals surface area contributed by atoms with Gasteiger partial charge in [-0.1, -0.05) is 31.4 Å². The van der Waals surface area contributed by atoms with Crippen LogP contribution in [0.4, 0.5) is 5.82 Å². The molecule has 0 spiro atoms. The molecule has 2 rings (SSSR count). The summed E-state index contributed by atoms with van der Waals surface area (Å²) in [5.74, 6) is 4.26. The summed E-state index contributed by atoms with van der Waals surface area (Å²) in [6.07, 6.45) is 9.91. The second-order valence-corrected chi connectivity index (χ2v) is 6.12. The van der Waals surface area contributed by atoms with Crippen LogP contribution in [0.5, 0.6) is 0 Å². The van der Waals surface area contributed by atoms with E-state index in [-0.39, 0.29) is 0 Å². The van der Waals surface area contributed by atoms with Crippen molar-refractivity contribution in [1.82, 2.24) is 10.3 Å². The highest BCUT2D eigenvalue weighted by molar-refractivity contribution is 6.33. The van der Waals surface area contributed by atoms with Gasteiger partial charge in [0.2, 0.25) is 0 Å². The van der Waals surface area contributed by atoms with Crippen LogP contribution in [0, 0.1) is 18.3 Å². The highest BCUT2D eigenvalue weighted by Gasteiger charge is 2.25. The Morgan fingerprint density at radius 1 is 1.55 bits per heavy atom. The van der Waals surface area contributed by atoms with Crippen LogP contribution in [0.2, 0.25) is 5.02 Å². The summed E-state index contributed by atoms with van der Waals surface area (Å²) in [6.45, 7) is 6.54. The monoisotopic (exact) mass is 291 g/mol. The molecule has 0 unspecified atom stereocenters. The van der Waals surface area contributed by atoms with E-state index >= 15 is 0 Å². The van der Waals surface area contributed by atoms with Crippen molar-refractivity contribution in [2.24, 2.45) is 5.92 Å². The largest absolute Gasteiger partial charge is 0.344 e. The van der Waals surface area contributed by atoms with Crippen LogP contribution in [0.25, 0.3) is 0 Å². The summed E-state index contributed by atoms with van der Waals surface area (Å²) in [6, 6.07) is 2.43. The molecule has 0 amide bonds. The maximum absolute atomic E-state index is 6.38. The molecule has 0 aromatic carbocycles. The van der Waals surface area contributed by atoms with Gasteiger partial charge >= 0.3 is 0 Å². The molecule has 3 nitrogen and oxygen atoms in total. The molecule has 1 aromatic heterocycles. The van der Waals surface area contributed by atoms with Gasteiger partial charge in [0.15, 0.2) is 0 Å². The number of halogens is 1. The Hall–Kier alpha value is -1.24. The molecule has 20 heavy (non-hydrogen) atoms. The van der Waals surface area contributed by atoms with Crippen LogP contribution in [0.3, 0.4) is 0 Å². The van der Waals surface area contributed by atoms with Crippen molar-refractivity contribution in [3.05, 3.63) is 22.8 Å². The van der Waals surface area contributed by atoms with E-state index in [4.69, 9.17) is 18.0 Å². The van der Waals surface area contributed by atoms with Crippen molar-refractivity contribution < 1.29 is 0 Å². The fourth-order valence-corrected chi connectivity index (χ4v) is 2.38. The summed E-state index contributed by atoms with van der Waals surface area (Å²) >= 11 is 6.38. The molecular weight excluding hydrogens is 270 g/mol. The van der Waals surface area contributed by atoms with Gasteiger partial charge in [0.05, 0.1) is 11.6 Å². The van der Waals surface area contributed by atoms with Gasteiger partial charge in [0.25, 0.3) is 0 Å².